The molecule has 1 aromatic carbocycles. The van der Waals surface area contributed by atoms with Crippen molar-refractivity contribution >= 4 is 17.5 Å². The second-order valence-electron chi connectivity index (χ2n) is 6.71. The molecular formula is C16H23N3O4. The SMILES string of the molecule is CC(C)(C)NC(=O)OC1CCN(c2ccccc2[N+](=O)[O-])CC1. The maximum absolute atomic E-state index is 11.8. The number of rotatable bonds is 3. The lowest BCUT2D eigenvalue weighted by atomic mass is 10.1. The molecule has 2 rings (SSSR count). The fraction of sp³-hybridized carbons (Fsp3) is 0.562. The number of piperidine rings is 1. The molecule has 1 aromatic rings. The Morgan fingerprint density at radius 3 is 2.48 bits per heavy atom. The molecule has 0 aromatic heterocycles. The van der Waals surface area contributed by atoms with Crippen molar-refractivity contribution in [2.45, 2.75) is 45.3 Å². The summed E-state index contributed by atoms with van der Waals surface area (Å²) in [6.07, 6.45) is 0.741. The summed E-state index contributed by atoms with van der Waals surface area (Å²) in [6.45, 7) is 6.93. The van der Waals surface area contributed by atoms with E-state index in [2.05, 4.69) is 5.32 Å². The van der Waals surface area contributed by atoms with E-state index < -0.39 is 6.09 Å². The quantitative estimate of drug-likeness (QED) is 0.683. The molecule has 0 atom stereocenters. The first kappa shape index (κ1) is 17.1. The second kappa shape index (κ2) is 6.85. The zero-order chi connectivity index (χ0) is 17.0. The molecule has 1 saturated heterocycles. The molecule has 7 heteroatoms. The first-order chi connectivity index (χ1) is 10.8. The van der Waals surface area contributed by atoms with Crippen molar-refractivity contribution in [1.82, 2.24) is 5.32 Å². The highest BCUT2D eigenvalue weighted by Gasteiger charge is 2.27. The van der Waals surface area contributed by atoms with Crippen LogP contribution < -0.4 is 10.2 Å². The van der Waals surface area contributed by atoms with E-state index in [0.717, 1.165) is 0 Å². The number of para-hydroxylation sites is 2. The van der Waals surface area contributed by atoms with Gasteiger partial charge < -0.3 is 15.0 Å². The highest BCUT2D eigenvalue weighted by Crippen LogP contribution is 2.30. The summed E-state index contributed by atoms with van der Waals surface area (Å²) >= 11 is 0. The number of nitrogens with one attached hydrogen (secondary N) is 1. The normalized spacial score (nSPS) is 16.0. The van der Waals surface area contributed by atoms with Crippen LogP contribution in [0.3, 0.4) is 0 Å². The second-order valence-corrected chi connectivity index (χ2v) is 6.71. The van der Waals surface area contributed by atoms with Crippen LogP contribution in [-0.2, 0) is 4.74 Å². The third-order valence-electron chi connectivity index (χ3n) is 3.61. The largest absolute Gasteiger partial charge is 0.446 e. The van der Waals surface area contributed by atoms with E-state index in [9.17, 15) is 14.9 Å². The minimum atomic E-state index is -0.415. The van der Waals surface area contributed by atoms with Crippen molar-refractivity contribution in [2.24, 2.45) is 0 Å². The lowest BCUT2D eigenvalue weighted by Gasteiger charge is -2.33. The minimum absolute atomic E-state index is 0.109. The van der Waals surface area contributed by atoms with Gasteiger partial charge in [0.25, 0.3) is 5.69 Å². The molecule has 0 radical (unpaired) electrons. The Kier molecular flexibility index (Phi) is 5.08. The Balaban J connectivity index is 1.92. The minimum Gasteiger partial charge on any atom is -0.446 e. The zero-order valence-electron chi connectivity index (χ0n) is 13.7. The first-order valence-electron chi connectivity index (χ1n) is 7.73. The summed E-state index contributed by atoms with van der Waals surface area (Å²) in [5, 5.41) is 13.9. The average molecular weight is 321 g/mol. The number of alkyl carbamates (subject to hydrolysis) is 1. The van der Waals surface area contributed by atoms with Gasteiger partial charge in [-0.1, -0.05) is 12.1 Å². The van der Waals surface area contributed by atoms with Crippen LogP contribution in [0.5, 0.6) is 0 Å². The number of hydrogen-bond donors (Lipinski definition) is 1. The van der Waals surface area contributed by atoms with Crippen molar-refractivity contribution in [3.63, 3.8) is 0 Å². The van der Waals surface area contributed by atoms with Crippen LogP contribution in [0, 0.1) is 10.1 Å². The van der Waals surface area contributed by atoms with Gasteiger partial charge >= 0.3 is 6.09 Å². The maximum Gasteiger partial charge on any atom is 0.407 e. The Labute approximate surface area is 135 Å². The molecule has 1 aliphatic rings. The Morgan fingerprint density at radius 1 is 1.30 bits per heavy atom. The number of nitro groups is 1. The topological polar surface area (TPSA) is 84.7 Å². The van der Waals surface area contributed by atoms with Crippen molar-refractivity contribution in [3.05, 3.63) is 34.4 Å². The number of carbonyl (C=O) groups is 1. The molecule has 1 aliphatic heterocycles. The lowest BCUT2D eigenvalue weighted by molar-refractivity contribution is -0.384. The van der Waals surface area contributed by atoms with Crippen molar-refractivity contribution < 1.29 is 14.5 Å². The smallest absolute Gasteiger partial charge is 0.407 e. The lowest BCUT2D eigenvalue weighted by Crippen LogP contribution is -2.44. The molecule has 126 valence electrons. The molecule has 1 fully saturated rings. The van der Waals surface area contributed by atoms with Crippen LogP contribution in [-0.4, -0.2) is 35.7 Å². The molecule has 1 heterocycles. The molecule has 0 aliphatic carbocycles. The molecule has 0 spiro atoms. The third-order valence-corrected chi connectivity index (χ3v) is 3.61. The van der Waals surface area contributed by atoms with Gasteiger partial charge in [0.15, 0.2) is 0 Å². The Morgan fingerprint density at radius 2 is 1.91 bits per heavy atom. The van der Waals surface area contributed by atoms with Crippen LogP contribution >= 0.6 is 0 Å². The van der Waals surface area contributed by atoms with Crippen molar-refractivity contribution in [3.8, 4) is 0 Å². The molecule has 23 heavy (non-hydrogen) atoms. The summed E-state index contributed by atoms with van der Waals surface area (Å²) in [7, 11) is 0. The number of anilines is 1. The number of nitrogens with zero attached hydrogens (tertiary/aromatic N) is 2. The van der Waals surface area contributed by atoms with Crippen LogP contribution in [0.15, 0.2) is 24.3 Å². The number of carbonyl (C=O) groups excluding carboxylic acids is 1. The molecule has 0 unspecified atom stereocenters. The van der Waals surface area contributed by atoms with Gasteiger partial charge in [-0.15, -0.1) is 0 Å². The van der Waals surface area contributed by atoms with Crippen LogP contribution in [0.25, 0.3) is 0 Å². The van der Waals surface area contributed by atoms with E-state index in [1.807, 2.05) is 25.7 Å². The first-order valence-corrected chi connectivity index (χ1v) is 7.73. The van der Waals surface area contributed by atoms with E-state index >= 15 is 0 Å². The van der Waals surface area contributed by atoms with Crippen molar-refractivity contribution in [1.29, 1.82) is 0 Å². The number of nitro benzene ring substituents is 1. The Bertz CT molecular complexity index is 575. The number of amides is 1. The molecular weight excluding hydrogens is 298 g/mol. The van der Waals surface area contributed by atoms with E-state index in [4.69, 9.17) is 4.74 Å². The summed E-state index contributed by atoms with van der Waals surface area (Å²) in [4.78, 5) is 24.5. The molecule has 0 saturated carbocycles. The average Bonchev–Trinajstić information content (AvgIpc) is 2.46. The van der Waals surface area contributed by atoms with E-state index in [-0.39, 0.29) is 22.3 Å². The fourth-order valence-corrected chi connectivity index (χ4v) is 2.59. The van der Waals surface area contributed by atoms with Gasteiger partial charge in [0.05, 0.1) is 4.92 Å². The van der Waals surface area contributed by atoms with Gasteiger partial charge in [0.2, 0.25) is 0 Å². The highest BCUT2D eigenvalue weighted by atomic mass is 16.6. The third kappa shape index (κ3) is 4.84. The fourth-order valence-electron chi connectivity index (χ4n) is 2.59. The maximum atomic E-state index is 11.8. The summed E-state index contributed by atoms with van der Waals surface area (Å²) < 4.78 is 5.42. The van der Waals surface area contributed by atoms with Crippen LogP contribution in [0.1, 0.15) is 33.6 Å². The predicted molar refractivity (Wildman–Crippen MR) is 87.7 cm³/mol. The van der Waals surface area contributed by atoms with Crippen LogP contribution in [0.2, 0.25) is 0 Å². The molecule has 7 nitrogen and oxygen atoms in total. The monoisotopic (exact) mass is 321 g/mol. The number of ether oxygens (including phenoxy) is 1. The standard InChI is InChI=1S/C16H23N3O4/c1-16(2,3)17-15(20)23-12-8-10-18(11-9-12)13-6-4-5-7-14(13)19(21)22/h4-7,12H,8-11H2,1-3H3,(H,17,20). The molecule has 0 bridgehead atoms. The number of hydrogen-bond acceptors (Lipinski definition) is 5. The van der Waals surface area contributed by atoms with Crippen LogP contribution in [0.4, 0.5) is 16.2 Å². The number of benzene rings is 1. The predicted octanol–water partition coefficient (Wildman–Crippen LogP) is 3.09. The Hall–Kier alpha value is -2.31. The van der Waals surface area contributed by atoms with E-state index in [0.29, 0.717) is 31.6 Å². The summed E-state index contributed by atoms with van der Waals surface area (Å²) in [6, 6.07) is 6.72. The van der Waals surface area contributed by atoms with Gasteiger partial charge in [0.1, 0.15) is 11.8 Å². The van der Waals surface area contributed by atoms with Gasteiger partial charge in [0, 0.05) is 37.5 Å². The van der Waals surface area contributed by atoms with Crippen molar-refractivity contribution in [2.75, 3.05) is 18.0 Å². The van der Waals surface area contributed by atoms with Gasteiger partial charge in [-0.05, 0) is 26.8 Å². The van der Waals surface area contributed by atoms with Gasteiger partial charge in [-0.25, -0.2) is 4.79 Å². The summed E-state index contributed by atoms with van der Waals surface area (Å²) in [5.41, 5.74) is 0.398. The van der Waals surface area contributed by atoms with E-state index in [1.54, 1.807) is 18.2 Å². The van der Waals surface area contributed by atoms with Gasteiger partial charge in [-0.3, -0.25) is 10.1 Å². The van der Waals surface area contributed by atoms with Gasteiger partial charge in [-0.2, -0.15) is 0 Å². The highest BCUT2D eigenvalue weighted by molar-refractivity contribution is 5.68. The summed E-state index contributed by atoms with van der Waals surface area (Å²) in [5.74, 6) is 0. The zero-order valence-corrected chi connectivity index (χ0v) is 13.7. The molecule has 1 amide bonds. The van der Waals surface area contributed by atoms with E-state index in [1.165, 1.54) is 6.07 Å². The molecule has 1 N–H and O–H groups in total.